The largest absolute Gasteiger partial charge is 0.497 e. The molecule has 6 heteroatoms. The molecule has 2 aromatic rings. The van der Waals surface area contributed by atoms with Gasteiger partial charge in [0, 0.05) is 12.7 Å². The highest BCUT2D eigenvalue weighted by molar-refractivity contribution is 5.85. The number of methoxy groups -OCH3 is 1. The maximum Gasteiger partial charge on any atom is 0.118 e. The molecular weight excluding hydrogens is 269 g/mol. The lowest BCUT2D eigenvalue weighted by molar-refractivity contribution is 0.414. The van der Waals surface area contributed by atoms with Crippen LogP contribution >= 0.6 is 12.4 Å². The van der Waals surface area contributed by atoms with Crippen LogP contribution in [-0.4, -0.2) is 23.6 Å². The average Bonchev–Trinajstić information content (AvgIpc) is 2.85. The van der Waals surface area contributed by atoms with Crippen LogP contribution in [-0.2, 0) is 13.1 Å². The van der Waals surface area contributed by atoms with Gasteiger partial charge in [-0.25, -0.2) is 4.39 Å². The quantitative estimate of drug-likeness (QED) is 0.887. The zero-order valence-electron chi connectivity index (χ0n) is 10.7. The van der Waals surface area contributed by atoms with E-state index in [0.29, 0.717) is 13.1 Å². The van der Waals surface area contributed by atoms with E-state index in [0.717, 1.165) is 17.0 Å². The van der Waals surface area contributed by atoms with Crippen LogP contribution in [0.15, 0.2) is 36.7 Å². The van der Waals surface area contributed by atoms with Crippen molar-refractivity contribution in [3.05, 3.63) is 42.2 Å². The Morgan fingerprint density at radius 3 is 2.68 bits per heavy atom. The lowest BCUT2D eigenvalue weighted by Crippen LogP contribution is -2.00. The van der Waals surface area contributed by atoms with E-state index in [2.05, 4.69) is 10.4 Å². The molecule has 1 aromatic carbocycles. The first-order valence-electron chi connectivity index (χ1n) is 5.77. The van der Waals surface area contributed by atoms with Crippen molar-refractivity contribution in [2.75, 3.05) is 19.1 Å². The first-order valence-corrected chi connectivity index (χ1v) is 5.77. The summed E-state index contributed by atoms with van der Waals surface area (Å²) in [6, 6.07) is 7.84. The molecule has 0 aliphatic rings. The molecule has 0 atom stereocenters. The first kappa shape index (κ1) is 15.3. The van der Waals surface area contributed by atoms with Gasteiger partial charge in [-0.3, -0.25) is 4.68 Å². The van der Waals surface area contributed by atoms with E-state index in [1.165, 1.54) is 0 Å². The summed E-state index contributed by atoms with van der Waals surface area (Å²) in [5.41, 5.74) is 2.04. The number of alkyl halides is 1. The van der Waals surface area contributed by atoms with Crippen molar-refractivity contribution in [2.24, 2.45) is 0 Å². The van der Waals surface area contributed by atoms with Crippen LogP contribution in [0.4, 0.5) is 10.1 Å². The first-order chi connectivity index (χ1) is 8.81. The summed E-state index contributed by atoms with van der Waals surface area (Å²) in [6.45, 7) is 0.592. The predicted molar refractivity (Wildman–Crippen MR) is 75.8 cm³/mol. The molecule has 0 saturated heterocycles. The fraction of sp³-hybridized carbons (Fsp3) is 0.308. The van der Waals surface area contributed by atoms with Crippen molar-refractivity contribution in [2.45, 2.75) is 13.1 Å². The van der Waals surface area contributed by atoms with Gasteiger partial charge in [0.05, 0.1) is 25.5 Å². The van der Waals surface area contributed by atoms with Gasteiger partial charge < -0.3 is 10.1 Å². The Kier molecular flexibility index (Phi) is 6.15. The summed E-state index contributed by atoms with van der Waals surface area (Å²) >= 11 is 0. The second-order valence-corrected chi connectivity index (χ2v) is 3.88. The molecule has 4 nitrogen and oxygen atoms in total. The SMILES string of the molecule is COc1ccc(CNc2cnn(CCF)c2)cc1.Cl. The summed E-state index contributed by atoms with van der Waals surface area (Å²) in [4.78, 5) is 0. The summed E-state index contributed by atoms with van der Waals surface area (Å²) in [5.74, 6) is 0.842. The Morgan fingerprint density at radius 1 is 1.32 bits per heavy atom. The zero-order valence-corrected chi connectivity index (χ0v) is 11.5. The second kappa shape index (κ2) is 7.63. The highest BCUT2D eigenvalue weighted by Gasteiger charge is 1.99. The predicted octanol–water partition coefficient (Wildman–Crippen LogP) is 2.90. The number of anilines is 1. The molecule has 0 saturated carbocycles. The Bertz CT molecular complexity index is 487. The van der Waals surface area contributed by atoms with Crippen LogP contribution < -0.4 is 10.1 Å². The number of benzene rings is 1. The van der Waals surface area contributed by atoms with E-state index in [1.807, 2.05) is 24.3 Å². The van der Waals surface area contributed by atoms with Gasteiger partial charge in [-0.05, 0) is 17.7 Å². The van der Waals surface area contributed by atoms with Crippen LogP contribution in [0.2, 0.25) is 0 Å². The number of halogens is 2. The van der Waals surface area contributed by atoms with Crippen LogP contribution in [0.1, 0.15) is 5.56 Å². The van der Waals surface area contributed by atoms with Gasteiger partial charge in [-0.2, -0.15) is 5.10 Å². The average molecular weight is 286 g/mol. The molecule has 0 fully saturated rings. The van der Waals surface area contributed by atoms with E-state index >= 15 is 0 Å². The van der Waals surface area contributed by atoms with Crippen molar-refractivity contribution in [1.82, 2.24) is 9.78 Å². The Morgan fingerprint density at radius 2 is 2.05 bits per heavy atom. The van der Waals surface area contributed by atoms with Gasteiger partial charge in [0.25, 0.3) is 0 Å². The maximum absolute atomic E-state index is 12.1. The highest BCUT2D eigenvalue weighted by Crippen LogP contribution is 2.13. The van der Waals surface area contributed by atoms with Crippen molar-refractivity contribution in [3.8, 4) is 5.75 Å². The van der Waals surface area contributed by atoms with E-state index in [-0.39, 0.29) is 12.4 Å². The summed E-state index contributed by atoms with van der Waals surface area (Å²) in [6.07, 6.45) is 3.49. The third kappa shape index (κ3) is 4.44. The Hall–Kier alpha value is -1.75. The Labute approximate surface area is 118 Å². The number of aromatic nitrogens is 2. The molecule has 19 heavy (non-hydrogen) atoms. The van der Waals surface area contributed by atoms with Gasteiger partial charge >= 0.3 is 0 Å². The van der Waals surface area contributed by atoms with E-state index in [4.69, 9.17) is 4.74 Å². The molecule has 1 N–H and O–H groups in total. The third-order valence-corrected chi connectivity index (χ3v) is 2.60. The number of hydrogen-bond donors (Lipinski definition) is 1. The van der Waals surface area contributed by atoms with Gasteiger partial charge in [0.2, 0.25) is 0 Å². The molecule has 0 spiro atoms. The molecule has 0 aliphatic heterocycles. The van der Waals surface area contributed by atoms with Crippen molar-refractivity contribution < 1.29 is 9.13 Å². The molecule has 0 unspecified atom stereocenters. The topological polar surface area (TPSA) is 39.1 Å². The molecule has 0 amide bonds. The van der Waals surface area contributed by atoms with Crippen LogP contribution in [0.5, 0.6) is 5.75 Å². The molecule has 1 aromatic heterocycles. The van der Waals surface area contributed by atoms with Gasteiger partial charge in [-0.15, -0.1) is 12.4 Å². The smallest absolute Gasteiger partial charge is 0.118 e. The monoisotopic (exact) mass is 285 g/mol. The van der Waals surface area contributed by atoms with Crippen LogP contribution in [0.25, 0.3) is 0 Å². The van der Waals surface area contributed by atoms with E-state index in [9.17, 15) is 4.39 Å². The van der Waals surface area contributed by atoms with E-state index in [1.54, 1.807) is 24.2 Å². The molecule has 104 valence electrons. The fourth-order valence-corrected chi connectivity index (χ4v) is 1.61. The minimum atomic E-state index is -0.403. The molecule has 2 rings (SSSR count). The number of ether oxygens (including phenoxy) is 1. The molecular formula is C13H17ClFN3O. The molecule has 1 heterocycles. The maximum atomic E-state index is 12.1. The number of rotatable bonds is 6. The second-order valence-electron chi connectivity index (χ2n) is 3.88. The Balaban J connectivity index is 0.00000180. The number of nitrogens with one attached hydrogen (secondary N) is 1. The normalized spacial score (nSPS) is 9.79. The number of aryl methyl sites for hydroxylation is 1. The van der Waals surface area contributed by atoms with Gasteiger partial charge in [0.1, 0.15) is 12.4 Å². The van der Waals surface area contributed by atoms with Crippen LogP contribution in [0.3, 0.4) is 0 Å². The molecule has 0 bridgehead atoms. The van der Waals surface area contributed by atoms with Crippen LogP contribution in [0, 0.1) is 0 Å². The van der Waals surface area contributed by atoms with Crippen molar-refractivity contribution >= 4 is 18.1 Å². The van der Waals surface area contributed by atoms with E-state index < -0.39 is 6.67 Å². The zero-order chi connectivity index (χ0) is 12.8. The lowest BCUT2D eigenvalue weighted by atomic mass is 10.2. The van der Waals surface area contributed by atoms with Gasteiger partial charge in [-0.1, -0.05) is 12.1 Å². The fourth-order valence-electron chi connectivity index (χ4n) is 1.61. The highest BCUT2D eigenvalue weighted by atomic mass is 35.5. The lowest BCUT2D eigenvalue weighted by Gasteiger charge is -2.05. The minimum Gasteiger partial charge on any atom is -0.497 e. The standard InChI is InChI=1S/C13H16FN3O.ClH/c1-18-13-4-2-11(3-5-13)8-15-12-9-16-17(10-12)7-6-14;/h2-5,9-10,15H,6-8H2,1H3;1H. The molecule has 0 radical (unpaired) electrons. The van der Waals surface area contributed by atoms with Crippen molar-refractivity contribution in [3.63, 3.8) is 0 Å². The number of nitrogens with zero attached hydrogens (tertiary/aromatic N) is 2. The third-order valence-electron chi connectivity index (χ3n) is 2.60. The number of hydrogen-bond acceptors (Lipinski definition) is 3. The van der Waals surface area contributed by atoms with Gasteiger partial charge in [0.15, 0.2) is 0 Å². The summed E-state index contributed by atoms with van der Waals surface area (Å²) < 4.78 is 18.8. The van der Waals surface area contributed by atoms with Crippen molar-refractivity contribution in [1.29, 1.82) is 0 Å². The molecule has 0 aliphatic carbocycles. The summed E-state index contributed by atoms with van der Waals surface area (Å²) in [5, 5.41) is 7.27. The summed E-state index contributed by atoms with van der Waals surface area (Å²) in [7, 11) is 1.65. The minimum absolute atomic E-state index is 0.